The van der Waals surface area contributed by atoms with Gasteiger partial charge in [0.05, 0.1) is 0 Å². The molecule has 1 aliphatic heterocycles. The summed E-state index contributed by atoms with van der Waals surface area (Å²) in [6.07, 6.45) is 5.88. The Labute approximate surface area is 158 Å². The molecule has 0 unspecified atom stereocenters. The van der Waals surface area contributed by atoms with Crippen molar-refractivity contribution < 1.29 is 9.59 Å². The van der Waals surface area contributed by atoms with Crippen molar-refractivity contribution in [2.24, 2.45) is 0 Å². The second-order valence-electron chi connectivity index (χ2n) is 6.55. The highest BCUT2D eigenvalue weighted by Gasteiger charge is 2.19. The zero-order chi connectivity index (χ0) is 18.5. The lowest BCUT2D eigenvalue weighted by Gasteiger charge is -2.20. The number of pyridine rings is 1. The van der Waals surface area contributed by atoms with Gasteiger partial charge in [-0.1, -0.05) is 30.5 Å². The summed E-state index contributed by atoms with van der Waals surface area (Å²) in [6.45, 7) is 3.42. The number of nitrogens with one attached hydrogen (secondary N) is 1. The first-order valence-electron chi connectivity index (χ1n) is 8.87. The topological polar surface area (TPSA) is 62.3 Å². The Morgan fingerprint density at radius 1 is 1.08 bits per heavy atom. The van der Waals surface area contributed by atoms with E-state index in [1.165, 1.54) is 6.20 Å². The van der Waals surface area contributed by atoms with Gasteiger partial charge in [-0.3, -0.25) is 14.6 Å². The molecule has 1 fully saturated rings. The van der Waals surface area contributed by atoms with Crippen LogP contribution in [0, 0.1) is 6.92 Å². The van der Waals surface area contributed by atoms with E-state index in [1.807, 2.05) is 17.9 Å². The van der Waals surface area contributed by atoms with Gasteiger partial charge in [-0.2, -0.15) is 0 Å². The number of rotatable bonds is 3. The number of carbonyl (C=O) groups is 2. The van der Waals surface area contributed by atoms with Crippen LogP contribution in [0.2, 0.25) is 5.02 Å². The van der Waals surface area contributed by atoms with Crippen LogP contribution in [0.1, 0.15) is 52.1 Å². The molecule has 1 N–H and O–H groups in total. The fourth-order valence-corrected chi connectivity index (χ4v) is 3.23. The van der Waals surface area contributed by atoms with Gasteiger partial charge >= 0.3 is 0 Å². The SMILES string of the molecule is Cc1ccc(Cl)cc1NC(=O)c1cc(C(=O)N2CCCCCC2)ccn1. The number of amides is 2. The predicted molar refractivity (Wildman–Crippen MR) is 103 cm³/mol. The molecule has 26 heavy (non-hydrogen) atoms. The Morgan fingerprint density at radius 2 is 1.81 bits per heavy atom. The van der Waals surface area contributed by atoms with Crippen LogP contribution >= 0.6 is 11.6 Å². The predicted octanol–water partition coefficient (Wildman–Crippen LogP) is 4.31. The quantitative estimate of drug-likeness (QED) is 0.874. The van der Waals surface area contributed by atoms with Crippen LogP contribution < -0.4 is 5.32 Å². The number of aromatic nitrogens is 1. The number of hydrogen-bond acceptors (Lipinski definition) is 3. The standard InChI is InChI=1S/C20H22ClN3O2/c1-14-6-7-16(21)13-17(14)23-19(25)18-12-15(8-9-22-18)20(26)24-10-4-2-3-5-11-24/h6-9,12-13H,2-5,10-11H2,1H3,(H,23,25). The minimum absolute atomic E-state index is 0.0395. The first kappa shape index (κ1) is 18.4. The molecular weight excluding hydrogens is 350 g/mol. The molecule has 2 heterocycles. The second kappa shape index (κ2) is 8.32. The summed E-state index contributed by atoms with van der Waals surface area (Å²) in [4.78, 5) is 31.3. The smallest absolute Gasteiger partial charge is 0.274 e. The molecule has 3 rings (SSSR count). The zero-order valence-electron chi connectivity index (χ0n) is 14.8. The number of anilines is 1. The minimum Gasteiger partial charge on any atom is -0.339 e. The molecule has 0 aliphatic carbocycles. The largest absolute Gasteiger partial charge is 0.339 e. The lowest BCUT2D eigenvalue weighted by Crippen LogP contribution is -2.32. The van der Waals surface area contributed by atoms with Crippen molar-refractivity contribution in [2.75, 3.05) is 18.4 Å². The monoisotopic (exact) mass is 371 g/mol. The highest BCUT2D eigenvalue weighted by molar-refractivity contribution is 6.31. The number of benzene rings is 1. The molecule has 2 aromatic rings. The van der Waals surface area contributed by atoms with Crippen molar-refractivity contribution in [1.82, 2.24) is 9.88 Å². The molecule has 0 spiro atoms. The molecule has 0 bridgehead atoms. The first-order chi connectivity index (χ1) is 12.5. The molecule has 6 heteroatoms. The average molecular weight is 372 g/mol. The Balaban J connectivity index is 1.76. The third kappa shape index (κ3) is 4.41. The minimum atomic E-state index is -0.360. The number of aryl methyl sites for hydroxylation is 1. The van der Waals surface area contributed by atoms with Gasteiger partial charge in [0, 0.05) is 35.6 Å². The molecule has 136 valence electrons. The van der Waals surface area contributed by atoms with Crippen LogP contribution in [0.3, 0.4) is 0 Å². The molecule has 1 saturated heterocycles. The number of nitrogens with zero attached hydrogens (tertiary/aromatic N) is 2. The van der Waals surface area contributed by atoms with E-state index in [-0.39, 0.29) is 17.5 Å². The van der Waals surface area contributed by atoms with Crippen molar-refractivity contribution in [3.8, 4) is 0 Å². The molecule has 2 amide bonds. The zero-order valence-corrected chi connectivity index (χ0v) is 15.6. The number of likely N-dealkylation sites (tertiary alicyclic amines) is 1. The molecule has 5 nitrogen and oxygen atoms in total. The van der Waals surface area contributed by atoms with Crippen LogP contribution in [0.4, 0.5) is 5.69 Å². The van der Waals surface area contributed by atoms with Gasteiger partial charge in [0.1, 0.15) is 5.69 Å². The number of carbonyl (C=O) groups excluding carboxylic acids is 2. The second-order valence-corrected chi connectivity index (χ2v) is 6.99. The van der Waals surface area contributed by atoms with E-state index in [0.717, 1.165) is 44.3 Å². The van der Waals surface area contributed by atoms with E-state index in [4.69, 9.17) is 11.6 Å². The summed E-state index contributed by atoms with van der Waals surface area (Å²) in [5.41, 5.74) is 2.24. The normalized spacial score (nSPS) is 14.6. The summed E-state index contributed by atoms with van der Waals surface area (Å²) in [5.74, 6) is -0.400. The molecule has 1 aromatic heterocycles. The van der Waals surface area contributed by atoms with Crippen molar-refractivity contribution >= 4 is 29.1 Å². The van der Waals surface area contributed by atoms with Crippen LogP contribution in [0.15, 0.2) is 36.5 Å². The fraction of sp³-hybridized carbons (Fsp3) is 0.350. The summed E-state index contributed by atoms with van der Waals surface area (Å²) in [5, 5.41) is 3.36. The summed E-state index contributed by atoms with van der Waals surface area (Å²) in [6, 6.07) is 8.52. The van der Waals surface area contributed by atoms with Gasteiger partial charge in [-0.15, -0.1) is 0 Å². The van der Waals surface area contributed by atoms with Gasteiger partial charge in [-0.25, -0.2) is 0 Å². The Morgan fingerprint density at radius 3 is 2.54 bits per heavy atom. The van der Waals surface area contributed by atoms with Crippen LogP contribution in [-0.2, 0) is 0 Å². The van der Waals surface area contributed by atoms with E-state index in [9.17, 15) is 9.59 Å². The number of halogens is 1. The van der Waals surface area contributed by atoms with Gasteiger partial charge in [0.15, 0.2) is 0 Å². The highest BCUT2D eigenvalue weighted by atomic mass is 35.5. The highest BCUT2D eigenvalue weighted by Crippen LogP contribution is 2.21. The number of hydrogen-bond donors (Lipinski definition) is 1. The van der Waals surface area contributed by atoms with Crippen molar-refractivity contribution in [2.45, 2.75) is 32.6 Å². The maximum absolute atomic E-state index is 12.7. The first-order valence-corrected chi connectivity index (χ1v) is 9.25. The van der Waals surface area contributed by atoms with Gasteiger partial charge < -0.3 is 10.2 Å². The van der Waals surface area contributed by atoms with Crippen LogP contribution in [0.25, 0.3) is 0 Å². The third-order valence-electron chi connectivity index (χ3n) is 4.58. The van der Waals surface area contributed by atoms with Crippen molar-refractivity contribution in [1.29, 1.82) is 0 Å². The maximum atomic E-state index is 12.7. The van der Waals surface area contributed by atoms with Crippen LogP contribution in [-0.4, -0.2) is 34.8 Å². The lowest BCUT2D eigenvalue weighted by molar-refractivity contribution is 0.0761. The van der Waals surface area contributed by atoms with E-state index >= 15 is 0 Å². The molecule has 1 aliphatic rings. The summed E-state index contributed by atoms with van der Waals surface area (Å²) < 4.78 is 0. The summed E-state index contributed by atoms with van der Waals surface area (Å²) in [7, 11) is 0. The molecule has 1 aromatic carbocycles. The van der Waals surface area contributed by atoms with E-state index in [1.54, 1.807) is 24.3 Å². The van der Waals surface area contributed by atoms with Crippen molar-refractivity contribution in [3.63, 3.8) is 0 Å². The molecule has 0 radical (unpaired) electrons. The van der Waals surface area contributed by atoms with Gasteiger partial charge in [0.25, 0.3) is 11.8 Å². The Bertz CT molecular complexity index is 814. The van der Waals surface area contributed by atoms with E-state index in [2.05, 4.69) is 10.3 Å². The van der Waals surface area contributed by atoms with Gasteiger partial charge in [-0.05, 0) is 49.6 Å². The van der Waals surface area contributed by atoms with E-state index in [0.29, 0.717) is 16.3 Å². The van der Waals surface area contributed by atoms with Crippen molar-refractivity contribution in [3.05, 3.63) is 58.4 Å². The molecular formula is C20H22ClN3O2. The van der Waals surface area contributed by atoms with E-state index < -0.39 is 0 Å². The van der Waals surface area contributed by atoms with Gasteiger partial charge in [0.2, 0.25) is 0 Å². The Kier molecular flexibility index (Phi) is 5.89. The maximum Gasteiger partial charge on any atom is 0.274 e. The summed E-state index contributed by atoms with van der Waals surface area (Å²) >= 11 is 6.00. The van der Waals surface area contributed by atoms with Crippen LogP contribution in [0.5, 0.6) is 0 Å². The fourth-order valence-electron chi connectivity index (χ4n) is 3.06. The third-order valence-corrected chi connectivity index (χ3v) is 4.82. The molecule has 0 atom stereocenters. The average Bonchev–Trinajstić information content (AvgIpc) is 2.93. The Hall–Kier alpha value is -2.40. The molecule has 0 saturated carbocycles. The lowest BCUT2D eigenvalue weighted by atomic mass is 10.1.